The first-order chi connectivity index (χ1) is 7.66. The van der Waals surface area contributed by atoms with Crippen LogP contribution in [0.1, 0.15) is 17.5 Å². The van der Waals surface area contributed by atoms with Gasteiger partial charge in [-0.25, -0.2) is 9.37 Å². The van der Waals surface area contributed by atoms with Gasteiger partial charge in [0.15, 0.2) is 5.82 Å². The van der Waals surface area contributed by atoms with Gasteiger partial charge in [0.1, 0.15) is 18.2 Å². The second-order valence-electron chi connectivity index (χ2n) is 3.33. The van der Waals surface area contributed by atoms with E-state index in [0.29, 0.717) is 15.9 Å². The Kier molecular flexibility index (Phi) is 3.31. The van der Waals surface area contributed by atoms with E-state index < -0.39 is 6.10 Å². The van der Waals surface area contributed by atoms with Crippen LogP contribution >= 0.6 is 15.9 Å². The van der Waals surface area contributed by atoms with Crippen molar-refractivity contribution >= 4 is 15.9 Å². The summed E-state index contributed by atoms with van der Waals surface area (Å²) in [5, 5.41) is 15.9. The van der Waals surface area contributed by atoms with E-state index in [1.807, 2.05) is 0 Å². The van der Waals surface area contributed by atoms with Crippen LogP contribution in [-0.2, 0) is 6.42 Å². The number of H-pyrrole nitrogens is 1. The van der Waals surface area contributed by atoms with E-state index >= 15 is 0 Å². The molecule has 1 aromatic carbocycles. The molecule has 0 aliphatic rings. The normalized spacial score (nSPS) is 12.7. The second-order valence-corrected chi connectivity index (χ2v) is 4.24. The van der Waals surface area contributed by atoms with Crippen LogP contribution in [-0.4, -0.2) is 20.3 Å². The van der Waals surface area contributed by atoms with Crippen molar-refractivity contribution < 1.29 is 9.50 Å². The number of benzene rings is 1. The van der Waals surface area contributed by atoms with Gasteiger partial charge in [0.05, 0.1) is 0 Å². The molecule has 2 rings (SSSR count). The summed E-state index contributed by atoms with van der Waals surface area (Å²) in [6, 6.07) is 4.72. The average molecular weight is 286 g/mol. The molecule has 0 bridgehead atoms. The second kappa shape index (κ2) is 4.71. The van der Waals surface area contributed by atoms with E-state index in [1.54, 1.807) is 12.1 Å². The zero-order valence-electron chi connectivity index (χ0n) is 8.19. The third-order valence-electron chi connectivity index (χ3n) is 2.18. The highest BCUT2D eigenvalue weighted by Gasteiger charge is 2.13. The van der Waals surface area contributed by atoms with Gasteiger partial charge in [0, 0.05) is 10.9 Å². The minimum absolute atomic E-state index is 0.161. The van der Waals surface area contributed by atoms with Crippen LogP contribution < -0.4 is 0 Å². The molecule has 0 aliphatic carbocycles. The van der Waals surface area contributed by atoms with Crippen LogP contribution in [0, 0.1) is 5.82 Å². The lowest BCUT2D eigenvalue weighted by Gasteiger charge is -2.08. The molecular formula is C10H9BrFN3O. The van der Waals surface area contributed by atoms with Crippen LogP contribution in [0.4, 0.5) is 4.39 Å². The predicted molar refractivity (Wildman–Crippen MR) is 59.1 cm³/mol. The first kappa shape index (κ1) is 11.2. The van der Waals surface area contributed by atoms with Crippen molar-refractivity contribution in [3.8, 4) is 0 Å². The van der Waals surface area contributed by atoms with Gasteiger partial charge in [-0.2, -0.15) is 5.10 Å². The fourth-order valence-corrected chi connectivity index (χ4v) is 1.70. The van der Waals surface area contributed by atoms with Gasteiger partial charge in [-0.15, -0.1) is 0 Å². The molecule has 1 atom stereocenters. The standard InChI is InChI=1S/C10H9BrFN3O/c11-7-2-1-6(8(12)4-7)3-9(16)10-13-5-14-15-10/h1-2,4-5,9,16H,3H2,(H,13,14,15). The quantitative estimate of drug-likeness (QED) is 0.907. The van der Waals surface area contributed by atoms with Crippen molar-refractivity contribution in [2.75, 3.05) is 0 Å². The molecule has 0 spiro atoms. The van der Waals surface area contributed by atoms with Gasteiger partial charge >= 0.3 is 0 Å². The van der Waals surface area contributed by atoms with Gasteiger partial charge in [0.25, 0.3) is 0 Å². The number of nitrogens with zero attached hydrogens (tertiary/aromatic N) is 2. The Balaban J connectivity index is 2.15. The zero-order chi connectivity index (χ0) is 11.5. The van der Waals surface area contributed by atoms with Crippen molar-refractivity contribution in [3.05, 3.63) is 46.2 Å². The van der Waals surface area contributed by atoms with E-state index in [2.05, 4.69) is 31.1 Å². The summed E-state index contributed by atoms with van der Waals surface area (Å²) in [4.78, 5) is 3.81. The number of rotatable bonds is 3. The molecule has 1 unspecified atom stereocenters. The zero-order valence-corrected chi connectivity index (χ0v) is 9.78. The lowest BCUT2D eigenvalue weighted by Crippen LogP contribution is -2.05. The molecule has 0 fully saturated rings. The van der Waals surface area contributed by atoms with Gasteiger partial charge in [-0.1, -0.05) is 22.0 Å². The molecular weight excluding hydrogens is 277 g/mol. The van der Waals surface area contributed by atoms with Crippen LogP contribution in [0.2, 0.25) is 0 Å². The monoisotopic (exact) mass is 285 g/mol. The largest absolute Gasteiger partial charge is 0.385 e. The molecule has 4 nitrogen and oxygen atoms in total. The molecule has 0 amide bonds. The Morgan fingerprint density at radius 2 is 2.31 bits per heavy atom. The summed E-state index contributed by atoms with van der Waals surface area (Å²) >= 11 is 3.17. The topological polar surface area (TPSA) is 61.8 Å². The van der Waals surface area contributed by atoms with E-state index in [0.717, 1.165) is 0 Å². The Bertz CT molecular complexity index is 475. The van der Waals surface area contributed by atoms with Crippen LogP contribution in [0.25, 0.3) is 0 Å². The summed E-state index contributed by atoms with van der Waals surface area (Å²) in [6.45, 7) is 0. The van der Waals surface area contributed by atoms with Gasteiger partial charge in [-0.3, -0.25) is 5.10 Å². The van der Waals surface area contributed by atoms with Crippen molar-refractivity contribution in [1.82, 2.24) is 15.2 Å². The fourth-order valence-electron chi connectivity index (χ4n) is 1.37. The molecule has 1 aromatic heterocycles. The molecule has 1 heterocycles. The number of nitrogens with one attached hydrogen (secondary N) is 1. The summed E-state index contributed by atoms with van der Waals surface area (Å²) in [5.41, 5.74) is 0.437. The molecule has 0 aliphatic heterocycles. The van der Waals surface area contributed by atoms with Gasteiger partial charge < -0.3 is 5.11 Å². The maximum absolute atomic E-state index is 13.5. The number of aliphatic hydroxyl groups is 1. The highest BCUT2D eigenvalue weighted by molar-refractivity contribution is 9.10. The van der Waals surface area contributed by atoms with Gasteiger partial charge in [-0.05, 0) is 17.7 Å². The summed E-state index contributed by atoms with van der Waals surface area (Å²) in [5.74, 6) is -0.0183. The lowest BCUT2D eigenvalue weighted by atomic mass is 10.1. The van der Waals surface area contributed by atoms with Crippen LogP contribution in [0.15, 0.2) is 29.0 Å². The van der Waals surface area contributed by atoms with Crippen molar-refractivity contribution in [1.29, 1.82) is 0 Å². The van der Waals surface area contributed by atoms with Gasteiger partial charge in [0.2, 0.25) is 0 Å². The molecule has 16 heavy (non-hydrogen) atoms. The maximum atomic E-state index is 13.5. The molecule has 84 valence electrons. The Labute approximate surface area is 99.7 Å². The summed E-state index contributed by atoms with van der Waals surface area (Å²) < 4.78 is 14.1. The van der Waals surface area contributed by atoms with Crippen LogP contribution in [0.5, 0.6) is 0 Å². The van der Waals surface area contributed by atoms with E-state index in [-0.39, 0.29) is 12.2 Å². The predicted octanol–water partition coefficient (Wildman–Crippen LogP) is 1.98. The molecule has 2 aromatic rings. The minimum atomic E-state index is -0.877. The first-order valence-electron chi connectivity index (χ1n) is 4.64. The number of hydrogen-bond donors (Lipinski definition) is 2. The molecule has 0 radical (unpaired) electrons. The number of hydrogen-bond acceptors (Lipinski definition) is 3. The number of aliphatic hydroxyl groups excluding tert-OH is 1. The molecule has 2 N–H and O–H groups in total. The number of aromatic amines is 1. The Morgan fingerprint density at radius 3 is 2.94 bits per heavy atom. The maximum Gasteiger partial charge on any atom is 0.153 e. The summed E-state index contributed by atoms with van der Waals surface area (Å²) in [7, 11) is 0. The minimum Gasteiger partial charge on any atom is -0.385 e. The van der Waals surface area contributed by atoms with Crippen molar-refractivity contribution in [2.24, 2.45) is 0 Å². The first-order valence-corrected chi connectivity index (χ1v) is 5.43. The number of halogens is 2. The lowest BCUT2D eigenvalue weighted by molar-refractivity contribution is 0.167. The van der Waals surface area contributed by atoms with Crippen LogP contribution in [0.3, 0.4) is 0 Å². The Morgan fingerprint density at radius 1 is 1.50 bits per heavy atom. The highest BCUT2D eigenvalue weighted by Crippen LogP contribution is 2.20. The third-order valence-corrected chi connectivity index (χ3v) is 2.67. The molecule has 0 saturated heterocycles. The third kappa shape index (κ3) is 2.45. The molecule has 0 saturated carbocycles. The summed E-state index contributed by atoms with van der Waals surface area (Å²) in [6.07, 6.45) is 0.586. The Hall–Kier alpha value is -1.27. The van der Waals surface area contributed by atoms with E-state index in [1.165, 1.54) is 12.4 Å². The van der Waals surface area contributed by atoms with Crippen molar-refractivity contribution in [3.63, 3.8) is 0 Å². The highest BCUT2D eigenvalue weighted by atomic mass is 79.9. The number of aromatic nitrogens is 3. The van der Waals surface area contributed by atoms with Crippen molar-refractivity contribution in [2.45, 2.75) is 12.5 Å². The average Bonchev–Trinajstić information content (AvgIpc) is 2.75. The molecule has 6 heteroatoms. The smallest absolute Gasteiger partial charge is 0.153 e. The fraction of sp³-hybridized carbons (Fsp3) is 0.200. The van der Waals surface area contributed by atoms with E-state index in [9.17, 15) is 9.50 Å². The SMILES string of the molecule is OC(Cc1ccc(Br)cc1F)c1ncn[nH]1. The van der Waals surface area contributed by atoms with E-state index in [4.69, 9.17) is 0 Å².